The minimum atomic E-state index is -1.10. The minimum Gasteiger partial charge on any atom is -0.325 e. The summed E-state index contributed by atoms with van der Waals surface area (Å²) in [5.74, 6) is -2.51. The molecule has 12 heteroatoms. The van der Waals surface area contributed by atoms with E-state index in [9.17, 15) is 33.8 Å². The predicted octanol–water partition coefficient (Wildman–Crippen LogP) is 3.48. The molecule has 10 nitrogen and oxygen atoms in total. The Hall–Kier alpha value is -4.45. The quantitative estimate of drug-likeness (QED) is 0.605. The van der Waals surface area contributed by atoms with Crippen molar-refractivity contribution in [1.82, 2.24) is 0 Å². The fourth-order valence-corrected chi connectivity index (χ4v) is 2.01. The van der Waals surface area contributed by atoms with Gasteiger partial charge in [0.15, 0.2) is 0 Å². The van der Waals surface area contributed by atoms with Gasteiger partial charge in [-0.15, -0.1) is 0 Å². The van der Waals surface area contributed by atoms with Crippen molar-refractivity contribution in [3.05, 3.63) is 72.8 Å². The number of amides is 1. The number of benzene rings is 2. The van der Waals surface area contributed by atoms with Crippen LogP contribution in [-0.4, -0.2) is 15.8 Å². The van der Waals surface area contributed by atoms with Gasteiger partial charge >= 0.3 is 11.4 Å². The number of aryl methyl sites for hydroxylation is 1. The molecule has 2 rings (SSSR count). The van der Waals surface area contributed by atoms with Crippen LogP contribution in [0.2, 0.25) is 0 Å². The van der Waals surface area contributed by atoms with Crippen LogP contribution in [0.3, 0.4) is 0 Å². The van der Waals surface area contributed by atoms with Crippen LogP contribution < -0.4 is 5.32 Å². The third-order valence-electron chi connectivity index (χ3n) is 3.33. The van der Waals surface area contributed by atoms with Crippen LogP contribution in [0.25, 0.3) is 0 Å². The molecule has 0 radical (unpaired) electrons. The van der Waals surface area contributed by atoms with Gasteiger partial charge in [-0.3, -0.25) is 25.0 Å². The van der Waals surface area contributed by atoms with Crippen LogP contribution in [-0.2, 0) is 4.79 Å². The van der Waals surface area contributed by atoms with Crippen LogP contribution >= 0.6 is 0 Å². The van der Waals surface area contributed by atoms with Crippen LogP contribution in [0.5, 0.6) is 0 Å². The van der Waals surface area contributed by atoms with E-state index in [-0.39, 0.29) is 16.8 Å². The molecule has 2 aromatic carbocycles. The number of hydrogen-bond acceptors (Lipinski definition) is 7. The molecular formula is C17H11F2N5O5. The highest BCUT2D eigenvalue weighted by atomic mass is 19.1. The van der Waals surface area contributed by atoms with Crippen LogP contribution in [0, 0.1) is 61.4 Å². The molecule has 0 aliphatic rings. The third-order valence-corrected chi connectivity index (χ3v) is 3.33. The van der Waals surface area contributed by atoms with Gasteiger partial charge in [-0.2, -0.15) is 19.3 Å². The number of anilines is 1. The second-order valence-electron chi connectivity index (χ2n) is 5.39. The van der Waals surface area contributed by atoms with Gasteiger partial charge in [0.2, 0.25) is 17.5 Å². The maximum absolute atomic E-state index is 13.2. The molecule has 0 heterocycles. The molecule has 0 aliphatic heterocycles. The Bertz CT molecular complexity index is 1090. The maximum atomic E-state index is 13.2. The summed E-state index contributed by atoms with van der Waals surface area (Å²) in [6.07, 6.45) is 0. The zero-order chi connectivity index (χ0) is 22.3. The van der Waals surface area contributed by atoms with E-state index >= 15 is 0 Å². The fourth-order valence-electron chi connectivity index (χ4n) is 2.01. The third kappa shape index (κ3) is 5.77. The topological polar surface area (TPSA) is 163 Å². The Balaban J connectivity index is 0.000000296. The van der Waals surface area contributed by atoms with Crippen molar-refractivity contribution in [3.63, 3.8) is 0 Å². The van der Waals surface area contributed by atoms with Gasteiger partial charge in [0.25, 0.3) is 0 Å². The first kappa shape index (κ1) is 22.6. The van der Waals surface area contributed by atoms with Crippen molar-refractivity contribution in [2.45, 2.75) is 13.8 Å². The van der Waals surface area contributed by atoms with Crippen molar-refractivity contribution < 1.29 is 23.4 Å². The number of nitrogens with zero attached hydrogens (tertiary/aromatic N) is 4. The van der Waals surface area contributed by atoms with Crippen molar-refractivity contribution >= 4 is 23.0 Å². The predicted molar refractivity (Wildman–Crippen MR) is 94.6 cm³/mol. The lowest BCUT2D eigenvalue weighted by Crippen LogP contribution is -2.08. The van der Waals surface area contributed by atoms with Gasteiger partial charge < -0.3 is 5.32 Å². The molecule has 1 N–H and O–H groups in total. The number of nitrogens with one attached hydrogen (secondary N) is 1. The highest BCUT2D eigenvalue weighted by molar-refractivity contribution is 5.90. The Morgan fingerprint density at radius 2 is 1.41 bits per heavy atom. The number of nitro groups is 2. The first-order valence-corrected chi connectivity index (χ1v) is 7.52. The first-order chi connectivity index (χ1) is 13.5. The summed E-state index contributed by atoms with van der Waals surface area (Å²) in [7, 11) is 0. The van der Waals surface area contributed by atoms with E-state index in [2.05, 4.69) is 5.32 Å². The number of hydrogen-bond donors (Lipinski definition) is 1. The van der Waals surface area contributed by atoms with Crippen molar-refractivity contribution in [2.24, 2.45) is 0 Å². The molecule has 1 amide bonds. The largest absolute Gasteiger partial charge is 0.325 e. The average molecular weight is 403 g/mol. The Morgan fingerprint density at radius 3 is 1.83 bits per heavy atom. The fraction of sp³-hybridized carbons (Fsp3) is 0.118. The lowest BCUT2D eigenvalue weighted by atomic mass is 10.1. The van der Waals surface area contributed by atoms with Gasteiger partial charge in [-0.25, -0.2) is 0 Å². The van der Waals surface area contributed by atoms with Gasteiger partial charge in [-0.1, -0.05) is 0 Å². The number of nitriles is 2. The van der Waals surface area contributed by atoms with E-state index in [0.29, 0.717) is 5.56 Å². The molecule has 0 bridgehead atoms. The van der Waals surface area contributed by atoms with Gasteiger partial charge in [-0.05, 0) is 18.6 Å². The molecule has 0 aliphatic carbocycles. The second kappa shape index (κ2) is 9.48. The lowest BCUT2D eigenvalue weighted by molar-refractivity contribution is -0.387. The number of carbonyl (C=O) groups excluding carboxylic acids is 1. The van der Waals surface area contributed by atoms with Gasteiger partial charge in [0.1, 0.15) is 6.07 Å². The van der Waals surface area contributed by atoms with E-state index in [1.165, 1.54) is 13.8 Å². The summed E-state index contributed by atoms with van der Waals surface area (Å²) in [5, 5.41) is 40.1. The smallest absolute Gasteiger partial charge is 0.306 e. The first-order valence-electron chi connectivity index (χ1n) is 7.52. The molecule has 0 aromatic heterocycles. The number of halogens is 2. The number of rotatable bonds is 3. The monoisotopic (exact) mass is 403 g/mol. The molecule has 0 spiro atoms. The molecule has 2 aromatic rings. The Kier molecular flexibility index (Phi) is 7.38. The summed E-state index contributed by atoms with van der Waals surface area (Å²) >= 11 is 0. The van der Waals surface area contributed by atoms with E-state index in [1.807, 2.05) is 0 Å². The SMILES string of the molecule is CC(=O)Nc1cc(F)c([N+](=O)[O-])cc1C#N.Cc1cc(F)c([N+](=O)[O-])cc1C#N. The molecule has 0 saturated heterocycles. The minimum absolute atomic E-state index is 0.0851. The number of nitro benzene ring substituents is 2. The highest BCUT2D eigenvalue weighted by Crippen LogP contribution is 2.25. The summed E-state index contributed by atoms with van der Waals surface area (Å²) in [6, 6.07) is 6.83. The zero-order valence-electron chi connectivity index (χ0n) is 14.9. The van der Waals surface area contributed by atoms with Crippen molar-refractivity contribution in [3.8, 4) is 12.1 Å². The Labute approximate surface area is 161 Å². The van der Waals surface area contributed by atoms with E-state index < -0.39 is 38.8 Å². The van der Waals surface area contributed by atoms with Gasteiger partial charge in [0, 0.05) is 25.1 Å². The summed E-state index contributed by atoms with van der Waals surface area (Å²) < 4.78 is 26.0. The maximum Gasteiger partial charge on any atom is 0.306 e. The molecule has 148 valence electrons. The van der Waals surface area contributed by atoms with Crippen molar-refractivity contribution in [1.29, 1.82) is 10.5 Å². The van der Waals surface area contributed by atoms with E-state index in [4.69, 9.17) is 10.5 Å². The van der Waals surface area contributed by atoms with Gasteiger partial charge in [0.05, 0.1) is 32.7 Å². The standard InChI is InChI=1S/C9H6FN3O3.C8H5FN2O2/c1-5(14)12-8-3-7(10)9(13(15)16)2-6(8)4-11;1-5-2-7(9)8(11(12)13)3-6(5)4-10/h2-3H,1H3,(H,12,14);2-3H,1H3. The molecule has 0 fully saturated rings. The highest BCUT2D eigenvalue weighted by Gasteiger charge is 2.18. The second-order valence-corrected chi connectivity index (χ2v) is 5.39. The lowest BCUT2D eigenvalue weighted by Gasteiger charge is -2.04. The van der Waals surface area contributed by atoms with Crippen LogP contribution in [0.15, 0.2) is 24.3 Å². The molecular weight excluding hydrogens is 392 g/mol. The van der Waals surface area contributed by atoms with Crippen LogP contribution in [0.4, 0.5) is 25.8 Å². The summed E-state index contributed by atoms with van der Waals surface area (Å²) in [4.78, 5) is 29.6. The summed E-state index contributed by atoms with van der Waals surface area (Å²) in [6.45, 7) is 2.70. The zero-order valence-corrected chi connectivity index (χ0v) is 14.9. The molecule has 0 atom stereocenters. The average Bonchev–Trinajstić information content (AvgIpc) is 2.61. The normalized spacial score (nSPS) is 9.31. The molecule has 29 heavy (non-hydrogen) atoms. The van der Waals surface area contributed by atoms with Crippen molar-refractivity contribution in [2.75, 3.05) is 5.32 Å². The van der Waals surface area contributed by atoms with Crippen LogP contribution in [0.1, 0.15) is 23.6 Å². The summed E-state index contributed by atoms with van der Waals surface area (Å²) in [5.41, 5.74) is -1.20. The molecule has 0 saturated carbocycles. The van der Waals surface area contributed by atoms with E-state index in [0.717, 1.165) is 24.3 Å². The number of carbonyl (C=O) groups is 1. The van der Waals surface area contributed by atoms with E-state index in [1.54, 1.807) is 12.1 Å². The molecule has 0 unspecified atom stereocenters. The Morgan fingerprint density at radius 1 is 0.966 bits per heavy atom.